The van der Waals surface area contributed by atoms with Gasteiger partial charge in [-0.15, -0.1) is 0 Å². The summed E-state index contributed by atoms with van der Waals surface area (Å²) >= 11 is 0. The number of esters is 3. The van der Waals surface area contributed by atoms with E-state index < -0.39 is 29.1 Å². The van der Waals surface area contributed by atoms with Crippen molar-refractivity contribution in [2.75, 3.05) is 27.4 Å². The molecule has 0 rings (SSSR count). The van der Waals surface area contributed by atoms with Crippen LogP contribution in [0.2, 0.25) is 0 Å². The van der Waals surface area contributed by atoms with E-state index in [-0.39, 0.29) is 19.1 Å². The van der Waals surface area contributed by atoms with Gasteiger partial charge in [0.15, 0.2) is 5.88 Å². The highest BCUT2D eigenvalue weighted by Gasteiger charge is 2.28. The standard InChI is InChI=1S/C13H19NO7/c1-5-20-11(14)10(13(17)21-6-2)8(12(16)19-4)7-9(15)18-3/h7H,5-6,14H2,1-4H3/b8-7+,11-10+. The predicted molar refractivity (Wildman–Crippen MR) is 71.6 cm³/mol. The maximum absolute atomic E-state index is 12.0. The van der Waals surface area contributed by atoms with Crippen molar-refractivity contribution in [2.45, 2.75) is 13.8 Å². The van der Waals surface area contributed by atoms with Gasteiger partial charge in [0.05, 0.1) is 33.0 Å². The van der Waals surface area contributed by atoms with Crippen LogP contribution in [0, 0.1) is 0 Å². The third kappa shape index (κ3) is 5.55. The fourth-order valence-corrected chi connectivity index (χ4v) is 1.29. The van der Waals surface area contributed by atoms with Crippen LogP contribution in [-0.2, 0) is 33.3 Å². The molecule has 0 aromatic rings. The Kier molecular flexibility index (Phi) is 8.28. The molecule has 0 bridgehead atoms. The lowest BCUT2D eigenvalue weighted by Gasteiger charge is -2.13. The minimum Gasteiger partial charge on any atom is -0.479 e. The van der Waals surface area contributed by atoms with Crippen LogP contribution in [0.15, 0.2) is 23.1 Å². The summed E-state index contributed by atoms with van der Waals surface area (Å²) in [5, 5.41) is 0. The molecule has 0 fully saturated rings. The van der Waals surface area contributed by atoms with Crippen LogP contribution in [0.25, 0.3) is 0 Å². The third-order valence-electron chi connectivity index (χ3n) is 2.16. The van der Waals surface area contributed by atoms with Crippen LogP contribution in [0.5, 0.6) is 0 Å². The average Bonchev–Trinajstić information content (AvgIpc) is 2.46. The molecule has 8 heteroatoms. The van der Waals surface area contributed by atoms with Crippen molar-refractivity contribution in [3.05, 3.63) is 23.1 Å². The Bertz CT molecular complexity index is 465. The molecule has 0 radical (unpaired) electrons. The summed E-state index contributed by atoms with van der Waals surface area (Å²) in [6.45, 7) is 3.42. The van der Waals surface area contributed by atoms with Gasteiger partial charge in [0, 0.05) is 6.08 Å². The third-order valence-corrected chi connectivity index (χ3v) is 2.16. The van der Waals surface area contributed by atoms with Crippen molar-refractivity contribution >= 4 is 17.9 Å². The number of carbonyl (C=O) groups is 3. The molecule has 0 aliphatic heterocycles. The van der Waals surface area contributed by atoms with Crippen LogP contribution in [-0.4, -0.2) is 45.3 Å². The van der Waals surface area contributed by atoms with Gasteiger partial charge in [0.25, 0.3) is 0 Å². The zero-order valence-electron chi connectivity index (χ0n) is 12.4. The van der Waals surface area contributed by atoms with E-state index in [1.54, 1.807) is 13.8 Å². The number of rotatable bonds is 7. The summed E-state index contributed by atoms with van der Waals surface area (Å²) in [7, 11) is 2.21. The highest BCUT2D eigenvalue weighted by atomic mass is 16.5. The lowest BCUT2D eigenvalue weighted by molar-refractivity contribution is -0.141. The van der Waals surface area contributed by atoms with E-state index in [1.165, 1.54) is 0 Å². The molecule has 0 aromatic carbocycles. The first-order chi connectivity index (χ1) is 9.92. The van der Waals surface area contributed by atoms with Gasteiger partial charge in [-0.2, -0.15) is 0 Å². The van der Waals surface area contributed by atoms with Gasteiger partial charge in [-0.3, -0.25) is 0 Å². The maximum atomic E-state index is 12.0. The fraction of sp³-hybridized carbons (Fsp3) is 0.462. The normalized spacial score (nSPS) is 12.1. The zero-order valence-corrected chi connectivity index (χ0v) is 12.4. The van der Waals surface area contributed by atoms with E-state index in [1.807, 2.05) is 0 Å². The summed E-state index contributed by atoms with van der Waals surface area (Å²) in [4.78, 5) is 35.1. The second kappa shape index (κ2) is 9.40. The number of ether oxygens (including phenoxy) is 4. The van der Waals surface area contributed by atoms with Crippen molar-refractivity contribution in [1.82, 2.24) is 0 Å². The number of methoxy groups -OCH3 is 2. The average molecular weight is 301 g/mol. The molecule has 0 unspecified atom stereocenters. The summed E-state index contributed by atoms with van der Waals surface area (Å²) in [5.41, 5.74) is 4.82. The number of hydrogen-bond donors (Lipinski definition) is 1. The first-order valence-corrected chi connectivity index (χ1v) is 6.10. The lowest BCUT2D eigenvalue weighted by Crippen LogP contribution is -2.22. The Hall–Kier alpha value is -2.51. The molecule has 0 heterocycles. The van der Waals surface area contributed by atoms with E-state index in [4.69, 9.17) is 15.2 Å². The Morgan fingerprint density at radius 2 is 1.52 bits per heavy atom. The smallest absolute Gasteiger partial charge is 0.344 e. The molecule has 118 valence electrons. The first-order valence-electron chi connectivity index (χ1n) is 6.10. The van der Waals surface area contributed by atoms with Crippen molar-refractivity contribution in [2.24, 2.45) is 5.73 Å². The van der Waals surface area contributed by atoms with Gasteiger partial charge in [-0.05, 0) is 13.8 Å². The van der Waals surface area contributed by atoms with Gasteiger partial charge in [0.2, 0.25) is 0 Å². The molecule has 0 atom stereocenters. The number of nitrogens with two attached hydrogens (primary N) is 1. The quantitative estimate of drug-likeness (QED) is 0.230. The van der Waals surface area contributed by atoms with E-state index in [2.05, 4.69) is 9.47 Å². The molecule has 0 saturated heterocycles. The predicted octanol–water partition coefficient (Wildman–Crippen LogP) is 0.0287. The van der Waals surface area contributed by atoms with Crippen molar-refractivity contribution in [1.29, 1.82) is 0 Å². The van der Waals surface area contributed by atoms with Crippen LogP contribution in [0.1, 0.15) is 13.8 Å². The lowest BCUT2D eigenvalue weighted by atomic mass is 10.1. The number of hydrogen-bond acceptors (Lipinski definition) is 8. The van der Waals surface area contributed by atoms with Gasteiger partial charge >= 0.3 is 17.9 Å². The topological polar surface area (TPSA) is 114 Å². The van der Waals surface area contributed by atoms with Crippen LogP contribution in [0.3, 0.4) is 0 Å². The molecule has 8 nitrogen and oxygen atoms in total. The van der Waals surface area contributed by atoms with E-state index in [0.717, 1.165) is 20.3 Å². The molecule has 2 N–H and O–H groups in total. The van der Waals surface area contributed by atoms with Crippen molar-refractivity contribution in [3.63, 3.8) is 0 Å². The second-order valence-corrected chi connectivity index (χ2v) is 3.47. The molecular formula is C13H19NO7. The maximum Gasteiger partial charge on any atom is 0.344 e. The largest absolute Gasteiger partial charge is 0.479 e. The monoisotopic (exact) mass is 301 g/mol. The van der Waals surface area contributed by atoms with Crippen LogP contribution < -0.4 is 5.73 Å². The summed E-state index contributed by atoms with van der Waals surface area (Å²) < 4.78 is 18.8. The summed E-state index contributed by atoms with van der Waals surface area (Å²) in [6, 6.07) is 0. The van der Waals surface area contributed by atoms with Crippen LogP contribution in [0.4, 0.5) is 0 Å². The summed E-state index contributed by atoms with van der Waals surface area (Å²) in [6.07, 6.45) is 0.782. The molecule has 21 heavy (non-hydrogen) atoms. The summed E-state index contributed by atoms with van der Waals surface area (Å²) in [5.74, 6) is -3.08. The highest BCUT2D eigenvalue weighted by molar-refractivity contribution is 6.10. The van der Waals surface area contributed by atoms with E-state index >= 15 is 0 Å². The van der Waals surface area contributed by atoms with Crippen molar-refractivity contribution < 1.29 is 33.3 Å². The van der Waals surface area contributed by atoms with Crippen molar-refractivity contribution in [3.8, 4) is 0 Å². The van der Waals surface area contributed by atoms with Gasteiger partial charge in [-0.25, -0.2) is 14.4 Å². The zero-order chi connectivity index (χ0) is 16.4. The first kappa shape index (κ1) is 18.5. The Morgan fingerprint density at radius 1 is 0.952 bits per heavy atom. The molecule has 0 aliphatic carbocycles. The molecule has 0 aliphatic rings. The van der Waals surface area contributed by atoms with E-state index in [9.17, 15) is 14.4 Å². The van der Waals surface area contributed by atoms with Gasteiger partial charge in [0.1, 0.15) is 5.57 Å². The highest BCUT2D eigenvalue weighted by Crippen LogP contribution is 2.17. The van der Waals surface area contributed by atoms with Gasteiger partial charge in [-0.1, -0.05) is 0 Å². The minimum atomic E-state index is -0.953. The molecule has 0 spiro atoms. The molecular weight excluding hydrogens is 282 g/mol. The van der Waals surface area contributed by atoms with Crippen LogP contribution >= 0.6 is 0 Å². The fourth-order valence-electron chi connectivity index (χ4n) is 1.29. The molecule has 0 aromatic heterocycles. The Balaban J connectivity index is 5.97. The number of carbonyl (C=O) groups excluding carboxylic acids is 3. The minimum absolute atomic E-state index is 0.0500. The van der Waals surface area contributed by atoms with Gasteiger partial charge < -0.3 is 24.7 Å². The Morgan fingerprint density at radius 3 is 1.95 bits per heavy atom. The Labute approximate surface area is 122 Å². The molecule has 0 amide bonds. The van der Waals surface area contributed by atoms with E-state index in [0.29, 0.717) is 0 Å². The molecule has 0 saturated carbocycles. The second-order valence-electron chi connectivity index (χ2n) is 3.47. The SMILES string of the molecule is CCOC(=O)C(/C(=C\C(=O)OC)C(=O)OC)=C(\N)OCC.